The van der Waals surface area contributed by atoms with E-state index in [-0.39, 0.29) is 0 Å². The van der Waals surface area contributed by atoms with E-state index in [1.54, 1.807) is 0 Å². The molecule has 0 fully saturated rings. The molecule has 1 unspecified atom stereocenters. The molecule has 0 amide bonds. The molecule has 2 heteroatoms. The number of unbranched alkanes of at least 4 members (excludes halogenated alkanes) is 9. The van der Waals surface area contributed by atoms with Crippen molar-refractivity contribution in [3.8, 4) is 0 Å². The summed E-state index contributed by atoms with van der Waals surface area (Å²) >= 11 is 0. The maximum Gasteiger partial charge on any atom is 0.0468 e. The monoisotopic (exact) mass is 342 g/mol. The van der Waals surface area contributed by atoms with Crippen LogP contribution in [-0.4, -0.2) is 24.9 Å². The van der Waals surface area contributed by atoms with Crippen LogP contribution in [0.25, 0.3) is 0 Å². The van der Waals surface area contributed by atoms with Gasteiger partial charge in [-0.3, -0.25) is 0 Å². The largest absolute Gasteiger partial charge is 0.396 e. The molecular weight excluding hydrogens is 296 g/mol. The van der Waals surface area contributed by atoms with Gasteiger partial charge in [0.2, 0.25) is 0 Å². The van der Waals surface area contributed by atoms with E-state index in [4.69, 9.17) is 9.84 Å². The van der Waals surface area contributed by atoms with E-state index < -0.39 is 0 Å². The van der Waals surface area contributed by atoms with E-state index in [0.717, 1.165) is 31.5 Å². The molecule has 0 saturated heterocycles. The van der Waals surface area contributed by atoms with Gasteiger partial charge < -0.3 is 9.84 Å². The van der Waals surface area contributed by atoms with E-state index in [1.807, 2.05) is 0 Å². The van der Waals surface area contributed by atoms with Crippen molar-refractivity contribution in [2.75, 3.05) is 19.8 Å². The van der Waals surface area contributed by atoms with Crippen molar-refractivity contribution < 1.29 is 9.84 Å². The molecule has 0 rings (SSSR count). The SMILES string of the molecule is CC(C)CCCC(C)CCOCCCCCCCCCCCCO. The van der Waals surface area contributed by atoms with Crippen LogP contribution in [0, 0.1) is 11.8 Å². The summed E-state index contributed by atoms with van der Waals surface area (Å²) in [6.07, 6.45) is 18.2. The standard InChI is InChI=1S/C22H46O2/c1-21(2)15-14-16-22(3)17-20-24-19-13-11-9-7-5-4-6-8-10-12-18-23/h21-23H,4-20H2,1-3H3. The number of hydrogen-bond donors (Lipinski definition) is 1. The fourth-order valence-electron chi connectivity index (χ4n) is 3.14. The third-order valence-corrected chi connectivity index (χ3v) is 4.93. The van der Waals surface area contributed by atoms with E-state index in [9.17, 15) is 0 Å². The van der Waals surface area contributed by atoms with Crippen molar-refractivity contribution in [3.05, 3.63) is 0 Å². The molecule has 0 heterocycles. The van der Waals surface area contributed by atoms with E-state index >= 15 is 0 Å². The van der Waals surface area contributed by atoms with Crippen molar-refractivity contribution in [2.24, 2.45) is 11.8 Å². The van der Waals surface area contributed by atoms with Crippen molar-refractivity contribution >= 4 is 0 Å². The normalized spacial score (nSPS) is 12.9. The highest BCUT2D eigenvalue weighted by Crippen LogP contribution is 2.15. The highest BCUT2D eigenvalue weighted by molar-refractivity contribution is 4.55. The number of aliphatic hydroxyl groups excluding tert-OH is 1. The van der Waals surface area contributed by atoms with Crippen LogP contribution in [0.1, 0.15) is 111 Å². The van der Waals surface area contributed by atoms with Crippen LogP contribution >= 0.6 is 0 Å². The summed E-state index contributed by atoms with van der Waals surface area (Å²) in [5.74, 6) is 1.67. The van der Waals surface area contributed by atoms with Gasteiger partial charge >= 0.3 is 0 Å². The van der Waals surface area contributed by atoms with E-state index in [0.29, 0.717) is 6.61 Å². The highest BCUT2D eigenvalue weighted by Gasteiger charge is 2.03. The van der Waals surface area contributed by atoms with Crippen LogP contribution in [0.15, 0.2) is 0 Å². The van der Waals surface area contributed by atoms with Gasteiger partial charge in [0.25, 0.3) is 0 Å². The molecule has 1 atom stereocenters. The maximum absolute atomic E-state index is 8.71. The van der Waals surface area contributed by atoms with Gasteiger partial charge in [-0.05, 0) is 31.1 Å². The van der Waals surface area contributed by atoms with Crippen LogP contribution < -0.4 is 0 Å². The number of ether oxygens (including phenoxy) is 1. The zero-order valence-corrected chi connectivity index (χ0v) is 17.0. The summed E-state index contributed by atoms with van der Waals surface area (Å²) in [6, 6.07) is 0. The fraction of sp³-hybridized carbons (Fsp3) is 1.00. The zero-order chi connectivity index (χ0) is 17.9. The molecule has 2 nitrogen and oxygen atoms in total. The smallest absolute Gasteiger partial charge is 0.0468 e. The van der Waals surface area contributed by atoms with Gasteiger partial charge in [-0.25, -0.2) is 0 Å². The lowest BCUT2D eigenvalue weighted by molar-refractivity contribution is 0.116. The topological polar surface area (TPSA) is 29.5 Å². The van der Waals surface area contributed by atoms with Crippen LogP contribution in [0.4, 0.5) is 0 Å². The predicted octanol–water partition coefficient (Wildman–Crippen LogP) is 6.75. The van der Waals surface area contributed by atoms with Gasteiger partial charge in [0.1, 0.15) is 0 Å². The number of aliphatic hydroxyl groups is 1. The Morgan fingerprint density at radius 3 is 1.67 bits per heavy atom. The highest BCUT2D eigenvalue weighted by atomic mass is 16.5. The van der Waals surface area contributed by atoms with Crippen LogP contribution in [-0.2, 0) is 4.74 Å². The third-order valence-electron chi connectivity index (χ3n) is 4.93. The van der Waals surface area contributed by atoms with Crippen molar-refractivity contribution in [3.63, 3.8) is 0 Å². The molecule has 24 heavy (non-hydrogen) atoms. The molecule has 0 aromatic rings. The summed E-state index contributed by atoms with van der Waals surface area (Å²) in [6.45, 7) is 9.27. The average molecular weight is 343 g/mol. The Morgan fingerprint density at radius 1 is 0.583 bits per heavy atom. The van der Waals surface area contributed by atoms with Gasteiger partial charge in [-0.2, -0.15) is 0 Å². The second kappa shape index (κ2) is 19.2. The lowest BCUT2D eigenvalue weighted by Crippen LogP contribution is -2.04. The first-order valence-corrected chi connectivity index (χ1v) is 10.9. The van der Waals surface area contributed by atoms with Crippen LogP contribution in [0.2, 0.25) is 0 Å². The fourth-order valence-corrected chi connectivity index (χ4v) is 3.14. The Bertz CT molecular complexity index is 228. The summed E-state index contributed by atoms with van der Waals surface area (Å²) in [7, 11) is 0. The average Bonchev–Trinajstić information content (AvgIpc) is 2.55. The number of rotatable bonds is 19. The first-order valence-electron chi connectivity index (χ1n) is 10.9. The van der Waals surface area contributed by atoms with E-state index in [2.05, 4.69) is 20.8 Å². The molecule has 0 spiro atoms. The Balaban J connectivity index is 3.09. The van der Waals surface area contributed by atoms with Gasteiger partial charge in [-0.15, -0.1) is 0 Å². The Labute approximate surface area is 152 Å². The molecule has 0 aliphatic carbocycles. The summed E-state index contributed by atoms with van der Waals surface area (Å²) in [4.78, 5) is 0. The molecular formula is C22H46O2. The lowest BCUT2D eigenvalue weighted by Gasteiger charge is -2.12. The predicted molar refractivity (Wildman–Crippen MR) is 107 cm³/mol. The molecule has 146 valence electrons. The molecule has 0 aliphatic heterocycles. The van der Waals surface area contributed by atoms with Gasteiger partial charge in [-0.1, -0.05) is 91.4 Å². The van der Waals surface area contributed by atoms with Gasteiger partial charge in [0.15, 0.2) is 0 Å². The zero-order valence-electron chi connectivity index (χ0n) is 17.0. The summed E-state index contributed by atoms with van der Waals surface area (Å²) in [5, 5.41) is 8.71. The molecule has 0 aromatic carbocycles. The van der Waals surface area contributed by atoms with Crippen molar-refractivity contribution in [1.82, 2.24) is 0 Å². The Kier molecular flexibility index (Phi) is 19.2. The molecule has 0 aromatic heterocycles. The minimum atomic E-state index is 0.360. The molecule has 0 radical (unpaired) electrons. The van der Waals surface area contributed by atoms with Crippen molar-refractivity contribution in [2.45, 2.75) is 111 Å². The second-order valence-electron chi connectivity index (χ2n) is 8.09. The number of hydrogen-bond acceptors (Lipinski definition) is 2. The van der Waals surface area contributed by atoms with Crippen LogP contribution in [0.5, 0.6) is 0 Å². The quantitative estimate of drug-likeness (QED) is 0.263. The Hall–Kier alpha value is -0.0800. The molecule has 0 aliphatic rings. The van der Waals surface area contributed by atoms with Crippen molar-refractivity contribution in [1.29, 1.82) is 0 Å². The lowest BCUT2D eigenvalue weighted by atomic mass is 9.98. The first-order chi connectivity index (χ1) is 11.7. The first kappa shape index (κ1) is 23.9. The van der Waals surface area contributed by atoms with Gasteiger partial charge in [0, 0.05) is 19.8 Å². The van der Waals surface area contributed by atoms with E-state index in [1.165, 1.54) is 83.5 Å². The summed E-state index contributed by atoms with van der Waals surface area (Å²) in [5.41, 5.74) is 0. The minimum Gasteiger partial charge on any atom is -0.396 e. The maximum atomic E-state index is 8.71. The molecule has 1 N–H and O–H groups in total. The third kappa shape index (κ3) is 20.0. The summed E-state index contributed by atoms with van der Waals surface area (Å²) < 4.78 is 5.79. The second-order valence-corrected chi connectivity index (χ2v) is 8.09. The molecule has 0 saturated carbocycles. The molecule has 0 bridgehead atoms. The van der Waals surface area contributed by atoms with Gasteiger partial charge in [0.05, 0.1) is 0 Å². The Morgan fingerprint density at radius 2 is 1.12 bits per heavy atom. The van der Waals surface area contributed by atoms with Crippen LogP contribution in [0.3, 0.4) is 0 Å². The minimum absolute atomic E-state index is 0.360.